The predicted molar refractivity (Wildman–Crippen MR) is 66.7 cm³/mol. The van der Waals surface area contributed by atoms with Gasteiger partial charge in [-0.3, -0.25) is 4.79 Å². The lowest BCUT2D eigenvalue weighted by Crippen LogP contribution is -2.34. The van der Waals surface area contributed by atoms with E-state index < -0.39 is 5.82 Å². The van der Waals surface area contributed by atoms with Crippen molar-refractivity contribution in [3.63, 3.8) is 0 Å². The zero-order valence-electron chi connectivity index (χ0n) is 9.57. The van der Waals surface area contributed by atoms with Crippen LogP contribution in [0.1, 0.15) is 10.4 Å². The molecule has 17 heavy (non-hydrogen) atoms. The Bertz CT molecular complexity index is 451. The Morgan fingerprint density at radius 2 is 2.24 bits per heavy atom. The quantitative estimate of drug-likeness (QED) is 0.822. The Labute approximate surface area is 104 Å². The van der Waals surface area contributed by atoms with E-state index in [1.54, 1.807) is 7.05 Å². The van der Waals surface area contributed by atoms with Crippen molar-refractivity contribution in [3.8, 4) is 5.75 Å². The van der Waals surface area contributed by atoms with Gasteiger partial charge in [0.1, 0.15) is 0 Å². The Morgan fingerprint density at radius 3 is 2.76 bits per heavy atom. The van der Waals surface area contributed by atoms with Crippen LogP contribution in [-0.4, -0.2) is 36.5 Å². The molecule has 0 unspecified atom stereocenters. The Kier molecular flexibility index (Phi) is 4.39. The fourth-order valence-electron chi connectivity index (χ4n) is 1.32. The van der Waals surface area contributed by atoms with Gasteiger partial charge in [0.15, 0.2) is 11.6 Å². The molecule has 1 aromatic carbocycles. The fraction of sp³-hybridized carbons (Fsp3) is 0.273. The number of ether oxygens (including phenoxy) is 1. The molecule has 0 spiro atoms. The summed E-state index contributed by atoms with van der Waals surface area (Å²) in [5.74, 6) is -0.781. The second-order valence-electron chi connectivity index (χ2n) is 3.48. The third kappa shape index (κ3) is 3.39. The van der Waals surface area contributed by atoms with Crippen LogP contribution in [0.2, 0.25) is 0 Å². The first-order valence-electron chi connectivity index (χ1n) is 4.83. The van der Waals surface area contributed by atoms with Gasteiger partial charge in [-0.15, -0.1) is 0 Å². The van der Waals surface area contributed by atoms with Gasteiger partial charge >= 0.3 is 0 Å². The molecule has 1 aromatic rings. The van der Waals surface area contributed by atoms with Crippen LogP contribution in [0.3, 0.4) is 0 Å². The zero-order chi connectivity index (χ0) is 13.0. The maximum absolute atomic E-state index is 13.2. The number of carbonyl (C=O) groups excluding carboxylic acids is 1. The van der Waals surface area contributed by atoms with E-state index in [1.807, 2.05) is 0 Å². The van der Waals surface area contributed by atoms with Gasteiger partial charge in [0.05, 0.1) is 18.6 Å². The van der Waals surface area contributed by atoms with Gasteiger partial charge in [-0.1, -0.05) is 12.2 Å². The molecule has 0 fully saturated rings. The molecule has 0 aromatic heterocycles. The lowest BCUT2D eigenvalue weighted by atomic mass is 10.2. The second-order valence-corrected chi connectivity index (χ2v) is 4.00. The molecule has 2 N–H and O–H groups in total. The molecule has 0 radical (unpaired) electrons. The van der Waals surface area contributed by atoms with Crippen molar-refractivity contribution in [2.75, 3.05) is 20.7 Å². The predicted octanol–water partition coefficient (Wildman–Crippen LogP) is 1.19. The van der Waals surface area contributed by atoms with Crippen molar-refractivity contribution < 1.29 is 13.9 Å². The van der Waals surface area contributed by atoms with Crippen molar-refractivity contribution >= 4 is 23.1 Å². The van der Waals surface area contributed by atoms with Gasteiger partial charge in [0.2, 0.25) is 0 Å². The summed E-state index contributed by atoms with van der Waals surface area (Å²) in [4.78, 5) is 13.5. The summed E-state index contributed by atoms with van der Waals surface area (Å²) in [5.41, 5.74) is 5.66. The SMILES string of the molecule is COc1cc(C(=O)N(C)CC(N)=S)ccc1F. The molecule has 0 heterocycles. The Hall–Kier alpha value is -1.69. The lowest BCUT2D eigenvalue weighted by Gasteiger charge is -2.16. The minimum Gasteiger partial charge on any atom is -0.494 e. The summed E-state index contributed by atoms with van der Waals surface area (Å²) >= 11 is 4.71. The van der Waals surface area contributed by atoms with E-state index in [0.29, 0.717) is 5.56 Å². The Balaban J connectivity index is 2.92. The molecule has 0 aliphatic heterocycles. The van der Waals surface area contributed by atoms with Gasteiger partial charge in [-0.25, -0.2) is 4.39 Å². The van der Waals surface area contributed by atoms with Crippen molar-refractivity contribution in [2.24, 2.45) is 5.73 Å². The van der Waals surface area contributed by atoms with Crippen molar-refractivity contribution in [3.05, 3.63) is 29.6 Å². The molecule has 4 nitrogen and oxygen atoms in total. The molecule has 0 aliphatic carbocycles. The van der Waals surface area contributed by atoms with Crippen LogP contribution in [0, 0.1) is 5.82 Å². The van der Waals surface area contributed by atoms with Gasteiger partial charge in [0.25, 0.3) is 5.91 Å². The summed E-state index contributed by atoms with van der Waals surface area (Å²) < 4.78 is 18.0. The summed E-state index contributed by atoms with van der Waals surface area (Å²) in [6.07, 6.45) is 0. The van der Waals surface area contributed by atoms with Crippen LogP contribution in [0.5, 0.6) is 5.75 Å². The minimum absolute atomic E-state index is 0.0274. The molecule has 0 atom stereocenters. The molecule has 6 heteroatoms. The van der Waals surface area contributed by atoms with Crippen LogP contribution in [0.4, 0.5) is 4.39 Å². The van der Waals surface area contributed by atoms with E-state index in [-0.39, 0.29) is 23.2 Å². The van der Waals surface area contributed by atoms with E-state index in [1.165, 1.54) is 30.2 Å². The number of halogens is 1. The van der Waals surface area contributed by atoms with Crippen LogP contribution < -0.4 is 10.5 Å². The highest BCUT2D eigenvalue weighted by Crippen LogP contribution is 2.18. The first kappa shape index (κ1) is 13.4. The molecular formula is C11H13FN2O2S. The Morgan fingerprint density at radius 1 is 1.59 bits per heavy atom. The molecule has 92 valence electrons. The van der Waals surface area contributed by atoms with Crippen molar-refractivity contribution in [1.29, 1.82) is 0 Å². The fourth-order valence-corrected chi connectivity index (χ4v) is 1.51. The zero-order valence-corrected chi connectivity index (χ0v) is 10.4. The number of nitrogens with zero attached hydrogens (tertiary/aromatic N) is 1. The van der Waals surface area contributed by atoms with Crippen LogP contribution in [-0.2, 0) is 0 Å². The first-order valence-corrected chi connectivity index (χ1v) is 5.24. The number of rotatable bonds is 4. The largest absolute Gasteiger partial charge is 0.494 e. The van der Waals surface area contributed by atoms with Crippen molar-refractivity contribution in [2.45, 2.75) is 0 Å². The molecular weight excluding hydrogens is 243 g/mol. The highest BCUT2D eigenvalue weighted by atomic mass is 32.1. The number of hydrogen-bond donors (Lipinski definition) is 1. The molecule has 0 aliphatic rings. The van der Waals surface area contributed by atoms with E-state index in [4.69, 9.17) is 22.7 Å². The number of hydrogen-bond acceptors (Lipinski definition) is 3. The van der Waals surface area contributed by atoms with E-state index in [0.717, 1.165) is 0 Å². The summed E-state index contributed by atoms with van der Waals surface area (Å²) in [6, 6.07) is 3.91. The molecule has 1 rings (SSSR count). The van der Waals surface area contributed by atoms with Crippen LogP contribution >= 0.6 is 12.2 Å². The number of nitrogens with two attached hydrogens (primary N) is 1. The molecule has 0 saturated carbocycles. The summed E-state index contributed by atoms with van der Waals surface area (Å²) in [5, 5.41) is 0. The molecule has 0 bridgehead atoms. The average molecular weight is 256 g/mol. The number of benzene rings is 1. The molecule has 1 amide bonds. The van der Waals surface area contributed by atoms with E-state index >= 15 is 0 Å². The van der Waals surface area contributed by atoms with Crippen molar-refractivity contribution in [1.82, 2.24) is 4.90 Å². The third-order valence-corrected chi connectivity index (χ3v) is 2.27. The monoisotopic (exact) mass is 256 g/mol. The summed E-state index contributed by atoms with van der Waals surface area (Å²) in [7, 11) is 2.91. The highest BCUT2D eigenvalue weighted by Gasteiger charge is 2.14. The standard InChI is InChI=1S/C11H13FN2O2S/c1-14(6-10(13)17)11(15)7-3-4-8(12)9(5-7)16-2/h3-5H,6H2,1-2H3,(H2,13,17). The maximum Gasteiger partial charge on any atom is 0.254 e. The number of carbonyl (C=O) groups is 1. The normalized spacial score (nSPS) is 9.82. The smallest absolute Gasteiger partial charge is 0.254 e. The number of thiocarbonyl (C=S) groups is 1. The number of likely N-dealkylation sites (N-methyl/N-ethyl adjacent to an activating group) is 1. The topological polar surface area (TPSA) is 55.6 Å². The number of amides is 1. The third-order valence-electron chi connectivity index (χ3n) is 2.14. The maximum atomic E-state index is 13.2. The minimum atomic E-state index is -0.513. The van der Waals surface area contributed by atoms with Gasteiger partial charge in [-0.2, -0.15) is 0 Å². The van der Waals surface area contributed by atoms with Crippen LogP contribution in [0.25, 0.3) is 0 Å². The average Bonchev–Trinajstić information content (AvgIpc) is 2.27. The molecule has 0 saturated heterocycles. The van der Waals surface area contributed by atoms with Gasteiger partial charge in [0, 0.05) is 12.6 Å². The number of methoxy groups -OCH3 is 1. The summed E-state index contributed by atoms with van der Waals surface area (Å²) in [6.45, 7) is 0.174. The lowest BCUT2D eigenvalue weighted by molar-refractivity contribution is 0.0814. The van der Waals surface area contributed by atoms with Gasteiger partial charge < -0.3 is 15.4 Å². The van der Waals surface area contributed by atoms with E-state index in [2.05, 4.69) is 0 Å². The van der Waals surface area contributed by atoms with E-state index in [9.17, 15) is 9.18 Å². The van der Waals surface area contributed by atoms with Gasteiger partial charge in [-0.05, 0) is 18.2 Å². The van der Waals surface area contributed by atoms with Crippen LogP contribution in [0.15, 0.2) is 18.2 Å². The highest BCUT2D eigenvalue weighted by molar-refractivity contribution is 7.80. The second kappa shape index (κ2) is 5.58. The first-order chi connectivity index (χ1) is 7.95.